The van der Waals surface area contributed by atoms with Crippen LogP contribution in [0, 0.1) is 0 Å². The van der Waals surface area contributed by atoms with E-state index in [4.69, 9.17) is 9.47 Å². The molecule has 1 aromatic heterocycles. The molecule has 2 N–H and O–H groups in total. The maximum absolute atomic E-state index is 12.0. The highest BCUT2D eigenvalue weighted by Gasteiger charge is 2.14. The molecule has 27 heavy (non-hydrogen) atoms. The van der Waals surface area contributed by atoms with Crippen molar-refractivity contribution in [3.05, 3.63) is 42.5 Å². The van der Waals surface area contributed by atoms with E-state index in [0.717, 1.165) is 14.6 Å². The highest BCUT2D eigenvalue weighted by Crippen LogP contribution is 2.32. The molecule has 0 unspecified atom stereocenters. The molecule has 1 aliphatic rings. The van der Waals surface area contributed by atoms with E-state index in [1.54, 1.807) is 18.2 Å². The second-order valence-corrected chi connectivity index (χ2v) is 7.85. The number of benzene rings is 2. The number of fused-ring (bicyclic) bond motifs is 2. The van der Waals surface area contributed by atoms with Gasteiger partial charge < -0.3 is 14.8 Å². The molecule has 0 fully saturated rings. The number of hydrogen-bond donors (Lipinski definition) is 2. The van der Waals surface area contributed by atoms with E-state index in [0.29, 0.717) is 30.4 Å². The lowest BCUT2D eigenvalue weighted by Gasteiger charge is -2.19. The lowest BCUT2D eigenvalue weighted by atomic mass is 10.2. The van der Waals surface area contributed by atoms with Crippen LogP contribution in [0.15, 0.2) is 46.8 Å². The maximum atomic E-state index is 12.0. The second kappa shape index (κ2) is 7.85. The van der Waals surface area contributed by atoms with E-state index in [9.17, 15) is 9.59 Å². The predicted octanol–water partition coefficient (Wildman–Crippen LogP) is 3.51. The van der Waals surface area contributed by atoms with Crippen LogP contribution in [0.5, 0.6) is 11.5 Å². The van der Waals surface area contributed by atoms with Crippen molar-refractivity contribution < 1.29 is 19.1 Å². The van der Waals surface area contributed by atoms with E-state index in [1.165, 1.54) is 23.1 Å². The molecule has 138 valence electrons. The number of carbonyl (C=O) groups is 2. The Labute approximate surface area is 163 Å². The Kier molecular flexibility index (Phi) is 5.12. The number of imide groups is 1. The van der Waals surface area contributed by atoms with Crippen LogP contribution >= 0.6 is 23.1 Å². The Morgan fingerprint density at radius 3 is 2.78 bits per heavy atom. The molecular formula is C18H15N3O4S2. The summed E-state index contributed by atoms with van der Waals surface area (Å²) < 4.78 is 12.8. The Morgan fingerprint density at radius 1 is 1.11 bits per heavy atom. The van der Waals surface area contributed by atoms with Gasteiger partial charge in [0.2, 0.25) is 5.91 Å². The molecule has 9 heteroatoms. The predicted molar refractivity (Wildman–Crippen MR) is 105 cm³/mol. The molecule has 4 rings (SSSR count). The van der Waals surface area contributed by atoms with Gasteiger partial charge in [0.1, 0.15) is 13.2 Å². The summed E-state index contributed by atoms with van der Waals surface area (Å²) in [5.41, 5.74) is 1.42. The Balaban J connectivity index is 1.29. The molecule has 0 atom stereocenters. The largest absolute Gasteiger partial charge is 0.486 e. The van der Waals surface area contributed by atoms with E-state index in [2.05, 4.69) is 15.6 Å². The fourth-order valence-electron chi connectivity index (χ4n) is 2.49. The zero-order valence-corrected chi connectivity index (χ0v) is 15.7. The first-order valence-corrected chi connectivity index (χ1v) is 9.96. The third kappa shape index (κ3) is 4.32. The third-order valence-corrected chi connectivity index (χ3v) is 5.83. The molecule has 3 amide bonds. The number of thioether (sulfide) groups is 1. The van der Waals surface area contributed by atoms with Crippen LogP contribution in [0.25, 0.3) is 10.2 Å². The van der Waals surface area contributed by atoms with Crippen molar-refractivity contribution in [3.8, 4) is 11.5 Å². The van der Waals surface area contributed by atoms with Crippen molar-refractivity contribution in [2.24, 2.45) is 0 Å². The van der Waals surface area contributed by atoms with Crippen LogP contribution < -0.4 is 20.1 Å². The summed E-state index contributed by atoms with van der Waals surface area (Å²) in [4.78, 5) is 28.5. The van der Waals surface area contributed by atoms with E-state index >= 15 is 0 Å². The van der Waals surface area contributed by atoms with Crippen molar-refractivity contribution in [2.45, 2.75) is 4.34 Å². The SMILES string of the molecule is O=C(CSc1nc2ccccc2s1)NC(=O)Nc1ccc2c(c1)OCCO2. The normalized spacial score (nSPS) is 12.6. The van der Waals surface area contributed by atoms with Crippen LogP contribution in [-0.4, -0.2) is 35.9 Å². The van der Waals surface area contributed by atoms with Gasteiger partial charge in [0.15, 0.2) is 15.8 Å². The average molecular weight is 401 g/mol. The lowest BCUT2D eigenvalue weighted by Crippen LogP contribution is -2.35. The van der Waals surface area contributed by atoms with Crippen molar-refractivity contribution >= 4 is 50.9 Å². The zero-order valence-electron chi connectivity index (χ0n) is 14.1. The van der Waals surface area contributed by atoms with E-state index in [-0.39, 0.29) is 5.75 Å². The number of rotatable bonds is 4. The number of nitrogens with zero attached hydrogens (tertiary/aromatic N) is 1. The quantitative estimate of drug-likeness (QED) is 0.651. The molecule has 0 radical (unpaired) electrons. The number of carbonyl (C=O) groups excluding carboxylic acids is 2. The molecule has 0 spiro atoms. The van der Waals surface area contributed by atoms with Gasteiger partial charge in [-0.2, -0.15) is 0 Å². The fourth-order valence-corrected chi connectivity index (χ4v) is 4.35. The molecule has 1 aliphatic heterocycles. The number of anilines is 1. The van der Waals surface area contributed by atoms with Gasteiger partial charge in [-0.25, -0.2) is 9.78 Å². The van der Waals surface area contributed by atoms with Crippen molar-refractivity contribution in [1.82, 2.24) is 10.3 Å². The number of para-hydroxylation sites is 1. The minimum absolute atomic E-state index is 0.106. The minimum Gasteiger partial charge on any atom is -0.486 e. The van der Waals surface area contributed by atoms with Gasteiger partial charge in [-0.3, -0.25) is 10.1 Å². The summed E-state index contributed by atoms with van der Waals surface area (Å²) in [6.45, 7) is 0.964. The fraction of sp³-hybridized carbons (Fsp3) is 0.167. The first-order chi connectivity index (χ1) is 13.2. The molecule has 0 saturated heterocycles. The number of thiazole rings is 1. The first-order valence-electron chi connectivity index (χ1n) is 8.16. The van der Waals surface area contributed by atoms with Gasteiger partial charge in [0.05, 0.1) is 16.0 Å². The van der Waals surface area contributed by atoms with Crippen LogP contribution in [0.2, 0.25) is 0 Å². The van der Waals surface area contributed by atoms with Gasteiger partial charge in [-0.05, 0) is 24.3 Å². The highest BCUT2D eigenvalue weighted by atomic mass is 32.2. The Bertz CT molecular complexity index is 972. The number of hydrogen-bond acceptors (Lipinski definition) is 7. The molecular weight excluding hydrogens is 386 g/mol. The van der Waals surface area contributed by atoms with E-state index < -0.39 is 11.9 Å². The smallest absolute Gasteiger partial charge is 0.325 e. The number of nitrogens with one attached hydrogen (secondary N) is 2. The standard InChI is InChI=1S/C18H15N3O4S2/c22-16(10-26-18-20-12-3-1-2-4-15(12)27-18)21-17(23)19-11-5-6-13-14(9-11)25-8-7-24-13/h1-6,9H,7-8,10H2,(H2,19,21,22,23). The van der Waals surface area contributed by atoms with Crippen molar-refractivity contribution in [2.75, 3.05) is 24.3 Å². The average Bonchev–Trinajstić information content (AvgIpc) is 3.09. The van der Waals surface area contributed by atoms with Crippen LogP contribution in [-0.2, 0) is 4.79 Å². The van der Waals surface area contributed by atoms with Gasteiger partial charge in [-0.1, -0.05) is 23.9 Å². The molecule has 3 aromatic rings. The van der Waals surface area contributed by atoms with Gasteiger partial charge in [0.25, 0.3) is 0 Å². The summed E-state index contributed by atoms with van der Waals surface area (Å²) >= 11 is 2.82. The summed E-state index contributed by atoms with van der Waals surface area (Å²) in [7, 11) is 0. The summed E-state index contributed by atoms with van der Waals surface area (Å²) in [6.07, 6.45) is 0. The maximum Gasteiger partial charge on any atom is 0.325 e. The summed E-state index contributed by atoms with van der Waals surface area (Å²) in [5, 5.41) is 4.92. The van der Waals surface area contributed by atoms with Crippen LogP contribution in [0.1, 0.15) is 0 Å². The van der Waals surface area contributed by atoms with Gasteiger partial charge >= 0.3 is 6.03 Å². The molecule has 7 nitrogen and oxygen atoms in total. The summed E-state index contributed by atoms with van der Waals surface area (Å²) in [5.74, 6) is 0.913. The Hall–Kier alpha value is -2.78. The van der Waals surface area contributed by atoms with Gasteiger partial charge in [-0.15, -0.1) is 11.3 Å². The first kappa shape index (κ1) is 17.6. The molecule has 2 heterocycles. The topological polar surface area (TPSA) is 89.6 Å². The van der Waals surface area contributed by atoms with Crippen molar-refractivity contribution in [1.29, 1.82) is 0 Å². The molecule has 0 saturated carbocycles. The van der Waals surface area contributed by atoms with Crippen molar-refractivity contribution in [3.63, 3.8) is 0 Å². The van der Waals surface area contributed by atoms with E-state index in [1.807, 2.05) is 24.3 Å². The lowest BCUT2D eigenvalue weighted by molar-refractivity contribution is -0.117. The number of amides is 3. The van der Waals surface area contributed by atoms with Crippen LogP contribution in [0.3, 0.4) is 0 Å². The number of aromatic nitrogens is 1. The molecule has 2 aromatic carbocycles. The van der Waals surface area contributed by atoms with Gasteiger partial charge in [0, 0.05) is 11.8 Å². The Morgan fingerprint density at radius 2 is 1.93 bits per heavy atom. The number of ether oxygens (including phenoxy) is 2. The zero-order chi connectivity index (χ0) is 18.6. The summed E-state index contributed by atoms with van der Waals surface area (Å²) in [6, 6.07) is 12.3. The highest BCUT2D eigenvalue weighted by molar-refractivity contribution is 8.01. The minimum atomic E-state index is -0.596. The molecule has 0 aliphatic carbocycles. The van der Waals surface area contributed by atoms with Crippen LogP contribution in [0.4, 0.5) is 10.5 Å². The second-order valence-electron chi connectivity index (χ2n) is 5.60. The third-order valence-electron chi connectivity index (χ3n) is 3.65. The number of urea groups is 1. The monoisotopic (exact) mass is 401 g/mol. The molecule has 0 bridgehead atoms.